The van der Waals surface area contributed by atoms with Crippen LogP contribution in [0.15, 0.2) is 115 Å². The smallest absolute Gasteiger partial charge is 0.162 e. The van der Waals surface area contributed by atoms with Crippen LogP contribution in [-0.2, 0) is 0 Å². The fourth-order valence-corrected chi connectivity index (χ4v) is 11.2. The van der Waals surface area contributed by atoms with Crippen molar-refractivity contribution in [3.63, 3.8) is 0 Å². The molecule has 8 aromatic rings. The first-order valence-corrected chi connectivity index (χ1v) is 17.8. The Balaban J connectivity index is 1.48. The van der Waals surface area contributed by atoms with Crippen LogP contribution in [0.5, 0.6) is 0 Å². The lowest BCUT2D eigenvalue weighted by Gasteiger charge is -2.22. The quantitative estimate of drug-likeness (QED) is 0.199. The Morgan fingerprint density at radius 3 is 2.22 bits per heavy atom. The molecule has 3 aromatic heterocycles. The van der Waals surface area contributed by atoms with Gasteiger partial charge in [0.2, 0.25) is 0 Å². The molecule has 0 radical (unpaired) electrons. The Morgan fingerprint density at radius 1 is 0.610 bits per heavy atom. The van der Waals surface area contributed by atoms with Crippen LogP contribution in [0, 0.1) is 0 Å². The maximum atomic E-state index is 5.46. The summed E-state index contributed by atoms with van der Waals surface area (Å²) < 4.78 is 5.08. The van der Waals surface area contributed by atoms with Gasteiger partial charge in [-0.05, 0) is 35.0 Å². The lowest BCUT2D eigenvalue weighted by Crippen LogP contribution is -2.51. The SMILES string of the molecule is C[Si]1(C)c2ccccc2-c2nc(-c3ccccc3)nc(-n3c4ccccc4c4c5c(ccc43)sc3ccccc35)c21. The number of aromatic nitrogens is 3. The Hall–Kier alpha value is -4.58. The topological polar surface area (TPSA) is 30.7 Å². The van der Waals surface area contributed by atoms with Gasteiger partial charge in [-0.25, -0.2) is 9.97 Å². The van der Waals surface area contributed by atoms with Crippen molar-refractivity contribution in [3.8, 4) is 28.5 Å². The number of hydrogen-bond donors (Lipinski definition) is 0. The van der Waals surface area contributed by atoms with E-state index in [0.29, 0.717) is 0 Å². The van der Waals surface area contributed by atoms with Crippen LogP contribution in [0.25, 0.3) is 70.4 Å². The number of benzene rings is 5. The molecule has 1 aliphatic heterocycles. The summed E-state index contributed by atoms with van der Waals surface area (Å²) in [5, 5.41) is 7.98. The lowest BCUT2D eigenvalue weighted by atomic mass is 10.1. The average Bonchev–Trinajstić information content (AvgIpc) is 3.63. The minimum atomic E-state index is -2.11. The van der Waals surface area contributed by atoms with Crippen molar-refractivity contribution in [2.45, 2.75) is 13.1 Å². The molecule has 194 valence electrons. The van der Waals surface area contributed by atoms with Gasteiger partial charge in [-0.1, -0.05) is 104 Å². The number of nitrogens with zero attached hydrogens (tertiary/aromatic N) is 3. The van der Waals surface area contributed by atoms with Crippen LogP contribution >= 0.6 is 11.3 Å². The van der Waals surface area contributed by atoms with E-state index in [1.165, 1.54) is 57.9 Å². The second kappa shape index (κ2) is 8.23. The number of hydrogen-bond acceptors (Lipinski definition) is 3. The summed E-state index contributed by atoms with van der Waals surface area (Å²) in [6.07, 6.45) is 0. The van der Waals surface area contributed by atoms with Gasteiger partial charge in [0, 0.05) is 41.7 Å². The van der Waals surface area contributed by atoms with E-state index in [-0.39, 0.29) is 0 Å². The molecule has 5 heteroatoms. The fourth-order valence-electron chi connectivity index (χ4n) is 6.97. The van der Waals surface area contributed by atoms with E-state index >= 15 is 0 Å². The largest absolute Gasteiger partial charge is 0.294 e. The Bertz CT molecular complexity index is 2350. The van der Waals surface area contributed by atoms with Crippen molar-refractivity contribution in [1.29, 1.82) is 0 Å². The molecule has 0 aliphatic carbocycles. The second-order valence-corrected chi connectivity index (χ2v) is 16.8. The monoisotopic (exact) mass is 559 g/mol. The molecule has 0 bridgehead atoms. The number of para-hydroxylation sites is 1. The molecule has 0 unspecified atom stereocenters. The highest BCUT2D eigenvalue weighted by Gasteiger charge is 2.42. The summed E-state index contributed by atoms with van der Waals surface area (Å²) in [4.78, 5) is 10.7. The fraction of sp³-hybridized carbons (Fsp3) is 0.0556. The van der Waals surface area contributed by atoms with E-state index in [2.05, 4.69) is 127 Å². The highest BCUT2D eigenvalue weighted by atomic mass is 32.1. The van der Waals surface area contributed by atoms with Gasteiger partial charge < -0.3 is 0 Å². The normalized spacial score (nSPS) is 13.8. The van der Waals surface area contributed by atoms with Gasteiger partial charge in [0.05, 0.1) is 16.7 Å². The van der Waals surface area contributed by atoms with E-state index in [9.17, 15) is 0 Å². The van der Waals surface area contributed by atoms with E-state index in [4.69, 9.17) is 9.97 Å². The van der Waals surface area contributed by atoms with E-state index in [1.807, 2.05) is 17.4 Å². The van der Waals surface area contributed by atoms with Gasteiger partial charge in [-0.2, -0.15) is 0 Å². The number of thiophene rings is 1. The van der Waals surface area contributed by atoms with Gasteiger partial charge in [0.25, 0.3) is 0 Å². The summed E-state index contributed by atoms with van der Waals surface area (Å²) in [5.41, 5.74) is 5.77. The van der Waals surface area contributed by atoms with Crippen LogP contribution in [0.3, 0.4) is 0 Å². The third-order valence-corrected chi connectivity index (χ3v) is 13.4. The molecule has 0 fully saturated rings. The molecular formula is C36H25N3SSi. The van der Waals surface area contributed by atoms with Crippen molar-refractivity contribution in [1.82, 2.24) is 14.5 Å². The molecule has 0 spiro atoms. The number of rotatable bonds is 2. The lowest BCUT2D eigenvalue weighted by molar-refractivity contribution is 1.06. The zero-order chi connectivity index (χ0) is 27.3. The molecule has 0 saturated carbocycles. The minimum absolute atomic E-state index is 0.772. The molecule has 5 aromatic carbocycles. The minimum Gasteiger partial charge on any atom is -0.294 e. The Labute approximate surface area is 242 Å². The van der Waals surface area contributed by atoms with Gasteiger partial charge in [-0.15, -0.1) is 11.3 Å². The van der Waals surface area contributed by atoms with Crippen LogP contribution < -0.4 is 10.4 Å². The molecule has 0 atom stereocenters. The zero-order valence-electron chi connectivity index (χ0n) is 22.7. The highest BCUT2D eigenvalue weighted by Crippen LogP contribution is 2.43. The Morgan fingerprint density at radius 2 is 1.34 bits per heavy atom. The second-order valence-electron chi connectivity index (χ2n) is 11.4. The van der Waals surface area contributed by atoms with Crippen molar-refractivity contribution >= 4 is 71.8 Å². The summed E-state index contributed by atoms with van der Waals surface area (Å²) in [5.74, 6) is 1.79. The molecule has 9 rings (SSSR count). The summed E-state index contributed by atoms with van der Waals surface area (Å²) in [6, 6.07) is 41.5. The summed E-state index contributed by atoms with van der Waals surface area (Å²) in [7, 11) is -2.11. The number of fused-ring (bicyclic) bond motifs is 10. The van der Waals surface area contributed by atoms with E-state index in [0.717, 1.165) is 22.9 Å². The highest BCUT2D eigenvalue weighted by molar-refractivity contribution is 7.26. The molecule has 0 amide bonds. The molecule has 0 N–H and O–H groups in total. The molecule has 0 saturated heterocycles. The van der Waals surface area contributed by atoms with Gasteiger partial charge in [0.1, 0.15) is 13.9 Å². The van der Waals surface area contributed by atoms with Gasteiger partial charge in [-0.3, -0.25) is 4.57 Å². The average molecular weight is 560 g/mol. The summed E-state index contributed by atoms with van der Waals surface area (Å²) in [6.45, 7) is 4.90. The van der Waals surface area contributed by atoms with Gasteiger partial charge in [0.15, 0.2) is 5.82 Å². The molecule has 1 aliphatic rings. The first-order chi connectivity index (χ1) is 20.1. The van der Waals surface area contributed by atoms with E-state index in [1.54, 1.807) is 0 Å². The maximum absolute atomic E-state index is 5.46. The van der Waals surface area contributed by atoms with Crippen LogP contribution in [0.4, 0.5) is 0 Å². The summed E-state index contributed by atoms with van der Waals surface area (Å²) >= 11 is 1.87. The van der Waals surface area contributed by atoms with Crippen LogP contribution in [0.1, 0.15) is 0 Å². The molecule has 41 heavy (non-hydrogen) atoms. The zero-order valence-corrected chi connectivity index (χ0v) is 24.5. The van der Waals surface area contributed by atoms with Crippen LogP contribution in [-0.4, -0.2) is 22.6 Å². The van der Waals surface area contributed by atoms with Crippen molar-refractivity contribution in [2.75, 3.05) is 0 Å². The predicted octanol–water partition coefficient (Wildman–Crippen LogP) is 8.41. The van der Waals surface area contributed by atoms with Crippen molar-refractivity contribution in [3.05, 3.63) is 115 Å². The standard InChI is InChI=1S/C36H25N3SSi/c1-41(2)30-19-11-8-16-25(30)33-34(41)36(38-35(37-33)22-12-4-3-5-13-22)39-26-17-9-6-14-23(26)31-27(39)20-21-29-32(31)24-15-7-10-18-28(24)40-29/h3-21H,1-2H3. The molecular weight excluding hydrogens is 535 g/mol. The third-order valence-electron chi connectivity index (χ3n) is 8.79. The first kappa shape index (κ1) is 23.2. The maximum Gasteiger partial charge on any atom is 0.162 e. The first-order valence-electron chi connectivity index (χ1n) is 14.0. The molecule has 3 nitrogen and oxygen atoms in total. The van der Waals surface area contributed by atoms with Crippen molar-refractivity contribution < 1.29 is 0 Å². The van der Waals surface area contributed by atoms with Gasteiger partial charge >= 0.3 is 0 Å². The van der Waals surface area contributed by atoms with E-state index < -0.39 is 8.07 Å². The molecule has 4 heterocycles. The predicted molar refractivity (Wildman–Crippen MR) is 177 cm³/mol. The third kappa shape index (κ3) is 3.07. The van der Waals surface area contributed by atoms with Crippen molar-refractivity contribution in [2.24, 2.45) is 0 Å². The Kier molecular flexibility index (Phi) is 4.65. The van der Waals surface area contributed by atoms with Crippen LogP contribution in [0.2, 0.25) is 13.1 Å².